The van der Waals surface area contributed by atoms with Gasteiger partial charge in [-0.25, -0.2) is 0 Å². The van der Waals surface area contributed by atoms with Crippen molar-refractivity contribution < 1.29 is 9.90 Å². The zero-order valence-corrected chi connectivity index (χ0v) is 10.8. The smallest absolute Gasteiger partial charge is 0.306 e. The first-order valence-electron chi connectivity index (χ1n) is 7.02. The fourth-order valence-corrected chi connectivity index (χ4v) is 3.00. The van der Waals surface area contributed by atoms with Crippen LogP contribution in [0.4, 0.5) is 0 Å². The van der Waals surface area contributed by atoms with Gasteiger partial charge in [0, 0.05) is 0 Å². The maximum atomic E-state index is 11.4. The molecule has 0 aliphatic heterocycles. The van der Waals surface area contributed by atoms with Crippen LogP contribution in [0.1, 0.15) is 44.1 Å². The van der Waals surface area contributed by atoms with Gasteiger partial charge >= 0.3 is 5.97 Å². The number of carboxylic acid groups (broad SMARTS) is 1. The van der Waals surface area contributed by atoms with Gasteiger partial charge in [-0.1, -0.05) is 62.4 Å². The van der Waals surface area contributed by atoms with E-state index in [2.05, 4.69) is 0 Å². The minimum atomic E-state index is -0.635. The molecule has 1 aromatic rings. The van der Waals surface area contributed by atoms with E-state index in [1.807, 2.05) is 30.3 Å². The molecule has 1 fully saturated rings. The summed E-state index contributed by atoms with van der Waals surface area (Å²) in [6.07, 6.45) is 7.85. The molecule has 1 atom stereocenters. The van der Waals surface area contributed by atoms with Gasteiger partial charge < -0.3 is 5.11 Å². The molecule has 0 radical (unpaired) electrons. The van der Waals surface area contributed by atoms with Crippen LogP contribution >= 0.6 is 0 Å². The molecule has 0 heterocycles. The van der Waals surface area contributed by atoms with Gasteiger partial charge in [0.15, 0.2) is 0 Å². The van der Waals surface area contributed by atoms with Crippen LogP contribution in [-0.4, -0.2) is 11.1 Å². The highest BCUT2D eigenvalue weighted by Gasteiger charge is 2.24. The molecule has 1 N–H and O–H groups in total. The largest absolute Gasteiger partial charge is 0.481 e. The first kappa shape index (κ1) is 13.1. The summed E-state index contributed by atoms with van der Waals surface area (Å²) in [6.45, 7) is 0. The van der Waals surface area contributed by atoms with Crippen molar-refractivity contribution >= 4 is 5.97 Å². The maximum Gasteiger partial charge on any atom is 0.306 e. The SMILES string of the molecule is O=C(O)C(Cc1ccccc1)CC1CCCCC1. The summed E-state index contributed by atoms with van der Waals surface area (Å²) in [7, 11) is 0. The number of carbonyl (C=O) groups is 1. The van der Waals surface area contributed by atoms with Gasteiger partial charge in [-0.15, -0.1) is 0 Å². The first-order valence-corrected chi connectivity index (χ1v) is 7.02. The molecule has 2 rings (SSSR count). The molecule has 1 aromatic carbocycles. The third-order valence-corrected chi connectivity index (χ3v) is 4.02. The van der Waals surface area contributed by atoms with Gasteiger partial charge in [0.05, 0.1) is 5.92 Å². The monoisotopic (exact) mass is 246 g/mol. The van der Waals surface area contributed by atoms with E-state index in [9.17, 15) is 9.90 Å². The van der Waals surface area contributed by atoms with Crippen LogP contribution in [0.2, 0.25) is 0 Å². The Bertz CT molecular complexity index is 366. The predicted molar refractivity (Wildman–Crippen MR) is 72.5 cm³/mol. The minimum absolute atomic E-state index is 0.213. The lowest BCUT2D eigenvalue weighted by Crippen LogP contribution is -2.21. The van der Waals surface area contributed by atoms with Crippen molar-refractivity contribution in [3.63, 3.8) is 0 Å². The van der Waals surface area contributed by atoms with Crippen LogP contribution in [0.5, 0.6) is 0 Å². The average Bonchev–Trinajstić information content (AvgIpc) is 2.40. The number of carboxylic acids is 1. The molecule has 0 spiro atoms. The van der Waals surface area contributed by atoms with E-state index in [1.54, 1.807) is 0 Å². The summed E-state index contributed by atoms with van der Waals surface area (Å²) in [6, 6.07) is 9.98. The predicted octanol–water partition coefficient (Wildman–Crippen LogP) is 3.90. The molecule has 2 nitrogen and oxygen atoms in total. The number of hydrogen-bond donors (Lipinski definition) is 1. The van der Waals surface area contributed by atoms with E-state index in [4.69, 9.17) is 0 Å². The molecular weight excluding hydrogens is 224 g/mol. The Morgan fingerprint density at radius 2 is 1.83 bits per heavy atom. The molecule has 0 saturated heterocycles. The van der Waals surface area contributed by atoms with E-state index in [-0.39, 0.29) is 5.92 Å². The Morgan fingerprint density at radius 1 is 1.17 bits per heavy atom. The average molecular weight is 246 g/mol. The second-order valence-electron chi connectivity index (χ2n) is 5.46. The molecule has 0 bridgehead atoms. The highest BCUT2D eigenvalue weighted by molar-refractivity contribution is 5.70. The van der Waals surface area contributed by atoms with E-state index in [0.29, 0.717) is 12.3 Å². The number of benzene rings is 1. The molecular formula is C16H22O2. The van der Waals surface area contributed by atoms with E-state index >= 15 is 0 Å². The summed E-state index contributed by atoms with van der Waals surface area (Å²) in [4.78, 5) is 11.4. The molecule has 2 heteroatoms. The second-order valence-corrected chi connectivity index (χ2v) is 5.46. The Morgan fingerprint density at radius 3 is 2.44 bits per heavy atom. The molecule has 1 aliphatic carbocycles. The number of hydrogen-bond acceptors (Lipinski definition) is 1. The lowest BCUT2D eigenvalue weighted by atomic mass is 9.81. The first-order chi connectivity index (χ1) is 8.75. The quantitative estimate of drug-likeness (QED) is 0.855. The summed E-state index contributed by atoms with van der Waals surface area (Å²) >= 11 is 0. The van der Waals surface area contributed by atoms with Crippen molar-refractivity contribution in [3.8, 4) is 0 Å². The molecule has 0 amide bonds. The summed E-state index contributed by atoms with van der Waals surface area (Å²) < 4.78 is 0. The zero-order chi connectivity index (χ0) is 12.8. The van der Waals surface area contributed by atoms with Crippen molar-refractivity contribution in [1.29, 1.82) is 0 Å². The van der Waals surface area contributed by atoms with Crippen molar-refractivity contribution in [1.82, 2.24) is 0 Å². The third kappa shape index (κ3) is 3.86. The fraction of sp³-hybridized carbons (Fsp3) is 0.562. The number of rotatable bonds is 5. The van der Waals surface area contributed by atoms with Crippen LogP contribution in [0, 0.1) is 11.8 Å². The van der Waals surface area contributed by atoms with Crippen LogP contribution in [0.3, 0.4) is 0 Å². The highest BCUT2D eigenvalue weighted by atomic mass is 16.4. The van der Waals surface area contributed by atoms with Gasteiger partial charge in [0.2, 0.25) is 0 Å². The maximum absolute atomic E-state index is 11.4. The second kappa shape index (κ2) is 6.58. The Kier molecular flexibility index (Phi) is 4.80. The molecule has 1 aliphatic rings. The lowest BCUT2D eigenvalue weighted by molar-refractivity contribution is -0.142. The van der Waals surface area contributed by atoms with Gasteiger partial charge in [-0.3, -0.25) is 4.79 Å². The molecule has 98 valence electrons. The van der Waals surface area contributed by atoms with E-state index < -0.39 is 5.97 Å². The Labute approximate surface area is 109 Å². The normalized spacial score (nSPS) is 18.4. The highest BCUT2D eigenvalue weighted by Crippen LogP contribution is 2.30. The fourth-order valence-electron chi connectivity index (χ4n) is 3.00. The lowest BCUT2D eigenvalue weighted by Gasteiger charge is -2.24. The summed E-state index contributed by atoms with van der Waals surface area (Å²) in [5.41, 5.74) is 1.14. The number of aliphatic carboxylic acids is 1. The topological polar surface area (TPSA) is 37.3 Å². The van der Waals surface area contributed by atoms with E-state index in [1.165, 1.54) is 32.1 Å². The molecule has 18 heavy (non-hydrogen) atoms. The van der Waals surface area contributed by atoms with Gasteiger partial charge in [0.1, 0.15) is 0 Å². The van der Waals surface area contributed by atoms with Crippen molar-refractivity contribution in [2.45, 2.75) is 44.9 Å². The van der Waals surface area contributed by atoms with Gasteiger partial charge in [-0.2, -0.15) is 0 Å². The molecule has 1 unspecified atom stereocenters. The van der Waals surface area contributed by atoms with Crippen molar-refractivity contribution in [3.05, 3.63) is 35.9 Å². The minimum Gasteiger partial charge on any atom is -0.481 e. The van der Waals surface area contributed by atoms with Crippen LogP contribution in [-0.2, 0) is 11.2 Å². The van der Waals surface area contributed by atoms with Crippen molar-refractivity contribution in [2.75, 3.05) is 0 Å². The van der Waals surface area contributed by atoms with Crippen LogP contribution in [0.15, 0.2) is 30.3 Å². The standard InChI is InChI=1S/C16H22O2/c17-16(18)15(11-13-7-3-1-4-8-13)12-14-9-5-2-6-10-14/h1,3-4,7-8,14-15H,2,5-6,9-12H2,(H,17,18). The Balaban J connectivity index is 1.93. The van der Waals surface area contributed by atoms with Gasteiger partial charge in [0.25, 0.3) is 0 Å². The van der Waals surface area contributed by atoms with E-state index in [0.717, 1.165) is 12.0 Å². The molecule has 1 saturated carbocycles. The zero-order valence-electron chi connectivity index (χ0n) is 10.8. The van der Waals surface area contributed by atoms with Gasteiger partial charge in [-0.05, 0) is 24.3 Å². The Hall–Kier alpha value is -1.31. The summed E-state index contributed by atoms with van der Waals surface area (Å²) in [5.74, 6) is -0.219. The summed E-state index contributed by atoms with van der Waals surface area (Å²) in [5, 5.41) is 9.37. The molecule has 0 aromatic heterocycles. The third-order valence-electron chi connectivity index (χ3n) is 4.02. The van der Waals surface area contributed by atoms with Crippen molar-refractivity contribution in [2.24, 2.45) is 11.8 Å². The van der Waals surface area contributed by atoms with Crippen LogP contribution in [0.25, 0.3) is 0 Å². The van der Waals surface area contributed by atoms with Crippen LogP contribution < -0.4 is 0 Å².